The highest BCUT2D eigenvalue weighted by molar-refractivity contribution is 7.90. The maximum atomic E-state index is 11.5. The number of imidazole rings is 1. The molecule has 7 heteroatoms. The van der Waals surface area contributed by atoms with Crippen LogP contribution in [-0.2, 0) is 9.84 Å². The molecule has 0 aromatic carbocycles. The van der Waals surface area contributed by atoms with Crippen LogP contribution in [0.1, 0.15) is 5.56 Å². The van der Waals surface area contributed by atoms with Crippen LogP contribution in [0.2, 0.25) is 0 Å². The Hall–Kier alpha value is -2.54. The molecule has 22 heavy (non-hydrogen) atoms. The van der Waals surface area contributed by atoms with E-state index in [4.69, 9.17) is 0 Å². The first kappa shape index (κ1) is 14.4. The Balaban J connectivity index is 2.08. The van der Waals surface area contributed by atoms with Crippen LogP contribution in [0.4, 0.5) is 0 Å². The molecule has 0 N–H and O–H groups in total. The molecule has 0 saturated heterocycles. The highest BCUT2D eigenvalue weighted by atomic mass is 32.2. The number of rotatable bonds is 3. The van der Waals surface area contributed by atoms with Crippen molar-refractivity contribution in [2.24, 2.45) is 0 Å². The Morgan fingerprint density at radius 1 is 1.05 bits per heavy atom. The smallest absolute Gasteiger partial charge is 0.192 e. The second-order valence-electron chi connectivity index (χ2n) is 4.97. The average molecular weight is 314 g/mol. The molecule has 3 heterocycles. The maximum absolute atomic E-state index is 11.5. The van der Waals surface area contributed by atoms with Crippen molar-refractivity contribution in [1.29, 1.82) is 0 Å². The fraction of sp³-hybridized carbons (Fsp3) is 0.133. The summed E-state index contributed by atoms with van der Waals surface area (Å²) < 4.78 is 24.8. The van der Waals surface area contributed by atoms with Crippen molar-refractivity contribution in [3.8, 4) is 16.9 Å². The lowest BCUT2D eigenvalue weighted by Crippen LogP contribution is -2.02. The molecule has 0 amide bonds. The minimum absolute atomic E-state index is 0.0514. The zero-order valence-corrected chi connectivity index (χ0v) is 12.9. The van der Waals surface area contributed by atoms with Gasteiger partial charge in [-0.15, -0.1) is 0 Å². The first-order chi connectivity index (χ1) is 10.5. The highest BCUT2D eigenvalue weighted by Crippen LogP contribution is 2.24. The molecular weight excluding hydrogens is 300 g/mol. The van der Waals surface area contributed by atoms with E-state index >= 15 is 0 Å². The van der Waals surface area contributed by atoms with Gasteiger partial charge in [0.15, 0.2) is 14.9 Å². The Labute approximate surface area is 128 Å². The molecular formula is C15H14N4O2S. The van der Waals surface area contributed by atoms with E-state index in [1.165, 1.54) is 12.3 Å². The molecule has 0 saturated carbocycles. The number of aromatic nitrogens is 4. The van der Waals surface area contributed by atoms with E-state index in [2.05, 4.69) is 15.0 Å². The summed E-state index contributed by atoms with van der Waals surface area (Å²) in [5.41, 5.74) is 3.66. The normalized spacial score (nSPS) is 11.5. The summed E-state index contributed by atoms with van der Waals surface area (Å²) in [5, 5.41) is 0.0514. The van der Waals surface area contributed by atoms with Crippen LogP contribution in [0, 0.1) is 6.92 Å². The lowest BCUT2D eigenvalue weighted by molar-refractivity contribution is 0.598. The van der Waals surface area contributed by atoms with E-state index in [-0.39, 0.29) is 5.03 Å². The zero-order valence-electron chi connectivity index (χ0n) is 12.1. The Morgan fingerprint density at radius 2 is 1.86 bits per heavy atom. The first-order valence-electron chi connectivity index (χ1n) is 6.56. The Morgan fingerprint density at radius 3 is 2.50 bits per heavy atom. The number of nitrogens with zero attached hydrogens (tertiary/aromatic N) is 4. The predicted octanol–water partition coefficient (Wildman–Crippen LogP) is 2.04. The minimum Gasteiger partial charge on any atom is -0.297 e. The van der Waals surface area contributed by atoms with Gasteiger partial charge < -0.3 is 0 Å². The van der Waals surface area contributed by atoms with Crippen LogP contribution in [-0.4, -0.2) is 34.2 Å². The van der Waals surface area contributed by atoms with E-state index in [0.29, 0.717) is 0 Å². The summed E-state index contributed by atoms with van der Waals surface area (Å²) in [6, 6.07) is 5.13. The van der Waals surface area contributed by atoms with E-state index in [1.54, 1.807) is 31.0 Å². The summed E-state index contributed by atoms with van der Waals surface area (Å²) in [5.74, 6) is 0. The zero-order chi connectivity index (χ0) is 15.7. The average Bonchev–Trinajstić information content (AvgIpc) is 2.96. The van der Waals surface area contributed by atoms with Gasteiger partial charge in [-0.1, -0.05) is 0 Å². The molecule has 0 bridgehead atoms. The van der Waals surface area contributed by atoms with Crippen LogP contribution < -0.4 is 0 Å². The molecule has 0 aliphatic rings. The third-order valence-corrected chi connectivity index (χ3v) is 4.33. The van der Waals surface area contributed by atoms with Gasteiger partial charge in [0.2, 0.25) is 0 Å². The predicted molar refractivity (Wildman–Crippen MR) is 82.4 cm³/mol. The number of sulfone groups is 1. The second-order valence-corrected chi connectivity index (χ2v) is 6.93. The summed E-state index contributed by atoms with van der Waals surface area (Å²) in [6.07, 6.45) is 9.58. The van der Waals surface area contributed by atoms with Crippen molar-refractivity contribution >= 4 is 9.84 Å². The van der Waals surface area contributed by atoms with E-state index in [1.807, 2.05) is 17.6 Å². The van der Waals surface area contributed by atoms with Crippen LogP contribution in [0.25, 0.3) is 16.9 Å². The number of pyridine rings is 2. The second kappa shape index (κ2) is 5.34. The molecule has 3 aromatic rings. The van der Waals surface area contributed by atoms with E-state index in [9.17, 15) is 8.42 Å². The van der Waals surface area contributed by atoms with Gasteiger partial charge in [0.1, 0.15) is 0 Å². The molecule has 3 aromatic heterocycles. The fourth-order valence-electron chi connectivity index (χ4n) is 2.17. The lowest BCUT2D eigenvalue weighted by Gasteiger charge is -2.10. The number of hydrogen-bond donors (Lipinski definition) is 0. The minimum atomic E-state index is -3.30. The fourth-order valence-corrected chi connectivity index (χ4v) is 2.73. The summed E-state index contributed by atoms with van der Waals surface area (Å²) in [7, 11) is -3.30. The number of hydrogen-bond acceptors (Lipinski definition) is 5. The maximum Gasteiger partial charge on any atom is 0.192 e. The van der Waals surface area contributed by atoms with Crippen LogP contribution in [0.3, 0.4) is 0 Å². The molecule has 112 valence electrons. The standard InChI is InChI=1S/C15H14N4O2S/c1-11-5-6-16-8-13(11)14-9-17-10-19(14)12-3-4-15(18-7-12)22(2,20)21/h3-10H,1-2H3. The van der Waals surface area contributed by atoms with Gasteiger partial charge >= 0.3 is 0 Å². The van der Waals surface area contributed by atoms with Crippen LogP contribution in [0.5, 0.6) is 0 Å². The molecule has 0 fully saturated rings. The summed E-state index contributed by atoms with van der Waals surface area (Å²) >= 11 is 0. The molecule has 0 radical (unpaired) electrons. The quantitative estimate of drug-likeness (QED) is 0.739. The third kappa shape index (κ3) is 2.62. The third-order valence-electron chi connectivity index (χ3n) is 3.33. The molecule has 0 unspecified atom stereocenters. The van der Waals surface area contributed by atoms with Crippen molar-refractivity contribution in [3.63, 3.8) is 0 Å². The van der Waals surface area contributed by atoms with Crippen molar-refractivity contribution in [2.45, 2.75) is 11.9 Å². The monoisotopic (exact) mass is 314 g/mol. The SMILES string of the molecule is Cc1ccncc1-c1cncn1-c1ccc(S(C)(=O)=O)nc1. The largest absolute Gasteiger partial charge is 0.297 e. The topological polar surface area (TPSA) is 77.7 Å². The van der Waals surface area contributed by atoms with E-state index in [0.717, 1.165) is 28.8 Å². The molecule has 3 rings (SSSR count). The first-order valence-corrected chi connectivity index (χ1v) is 8.46. The van der Waals surface area contributed by atoms with E-state index < -0.39 is 9.84 Å². The van der Waals surface area contributed by atoms with Gasteiger partial charge in [-0.25, -0.2) is 18.4 Å². The Bertz CT molecular complexity index is 915. The van der Waals surface area contributed by atoms with Gasteiger partial charge in [-0.2, -0.15) is 0 Å². The summed E-state index contributed by atoms with van der Waals surface area (Å²) in [6.45, 7) is 2.00. The van der Waals surface area contributed by atoms with Gasteiger partial charge in [0.05, 0.1) is 30.1 Å². The van der Waals surface area contributed by atoms with Crippen LogP contribution >= 0.6 is 0 Å². The van der Waals surface area contributed by atoms with Gasteiger partial charge in [-0.3, -0.25) is 9.55 Å². The van der Waals surface area contributed by atoms with Crippen LogP contribution in [0.15, 0.2) is 54.3 Å². The van der Waals surface area contributed by atoms with Crippen molar-refractivity contribution < 1.29 is 8.42 Å². The Kier molecular flexibility index (Phi) is 3.50. The van der Waals surface area contributed by atoms with Gasteiger partial charge in [0, 0.05) is 24.2 Å². The molecule has 0 atom stereocenters. The summed E-state index contributed by atoms with van der Waals surface area (Å²) in [4.78, 5) is 12.3. The van der Waals surface area contributed by atoms with Crippen molar-refractivity contribution in [2.75, 3.05) is 6.26 Å². The highest BCUT2D eigenvalue weighted by Gasteiger charge is 2.12. The van der Waals surface area contributed by atoms with Crippen molar-refractivity contribution in [3.05, 3.63) is 54.9 Å². The number of aryl methyl sites for hydroxylation is 1. The van der Waals surface area contributed by atoms with Gasteiger partial charge in [-0.05, 0) is 30.7 Å². The molecule has 0 spiro atoms. The lowest BCUT2D eigenvalue weighted by atomic mass is 10.1. The molecule has 0 aliphatic carbocycles. The molecule has 6 nitrogen and oxygen atoms in total. The van der Waals surface area contributed by atoms with Crippen molar-refractivity contribution in [1.82, 2.24) is 19.5 Å². The molecule has 0 aliphatic heterocycles. The van der Waals surface area contributed by atoms with Gasteiger partial charge in [0.25, 0.3) is 0 Å².